The summed E-state index contributed by atoms with van der Waals surface area (Å²) in [4.78, 5) is 18.8. The molecule has 0 saturated heterocycles. The van der Waals surface area contributed by atoms with E-state index in [0.717, 1.165) is 18.5 Å². The van der Waals surface area contributed by atoms with Crippen LogP contribution < -0.4 is 11.1 Å². The first-order valence-electron chi connectivity index (χ1n) is 10.3. The predicted molar refractivity (Wildman–Crippen MR) is 118 cm³/mol. The first-order valence-corrected chi connectivity index (χ1v) is 10.3. The molecule has 2 aromatic carbocycles. The number of hydrogen-bond donors (Lipinski definition) is 2. The van der Waals surface area contributed by atoms with E-state index in [1.807, 2.05) is 0 Å². The van der Waals surface area contributed by atoms with E-state index in [9.17, 15) is 4.79 Å². The zero-order chi connectivity index (χ0) is 21.8. The monoisotopic (exact) mass is 408 g/mol. The average molecular weight is 409 g/mol. The molecule has 1 amide bonds. The number of amides is 1. The Morgan fingerprint density at radius 3 is 2.70 bits per heavy atom. The number of aryl methyl sites for hydroxylation is 2. The summed E-state index contributed by atoms with van der Waals surface area (Å²) in [6.07, 6.45) is 2.01. The first-order chi connectivity index (χ1) is 14.1. The van der Waals surface area contributed by atoms with Crippen molar-refractivity contribution in [2.24, 2.45) is 16.1 Å². The zero-order valence-electron chi connectivity index (χ0n) is 18.2. The van der Waals surface area contributed by atoms with Crippen LogP contribution in [0.25, 0.3) is 0 Å². The second-order valence-corrected chi connectivity index (χ2v) is 9.11. The summed E-state index contributed by atoms with van der Waals surface area (Å²) in [6, 6.07) is 11.5. The fourth-order valence-electron chi connectivity index (χ4n) is 4.81. The number of aliphatic imine (C=N–C) groups is 1. The van der Waals surface area contributed by atoms with Crippen molar-refractivity contribution >= 4 is 17.6 Å². The number of rotatable bonds is 3. The summed E-state index contributed by atoms with van der Waals surface area (Å²) < 4.78 is 15.0. The number of nitrogens with one attached hydrogen (secondary N) is 1. The fraction of sp³-hybridized carbons (Fsp3) is 0.417. The molecule has 5 nitrogen and oxygen atoms in total. The Morgan fingerprint density at radius 1 is 1.23 bits per heavy atom. The van der Waals surface area contributed by atoms with E-state index in [1.165, 1.54) is 27.7 Å². The van der Waals surface area contributed by atoms with Crippen LogP contribution in [0.3, 0.4) is 0 Å². The molecule has 158 valence electrons. The number of hydrogen-bond acceptors (Lipinski definition) is 4. The molecular formula is C24H29FN4O. The van der Waals surface area contributed by atoms with Gasteiger partial charge in [-0.1, -0.05) is 18.2 Å². The molecule has 0 radical (unpaired) electrons. The number of benzene rings is 2. The largest absolute Gasteiger partial charge is 0.378 e. The van der Waals surface area contributed by atoms with Gasteiger partial charge in [-0.3, -0.25) is 9.69 Å². The molecular weight excluding hydrogens is 379 g/mol. The number of anilines is 1. The van der Waals surface area contributed by atoms with Crippen molar-refractivity contribution in [3.05, 3.63) is 64.5 Å². The quantitative estimate of drug-likeness (QED) is 0.797. The second-order valence-electron chi connectivity index (χ2n) is 9.11. The van der Waals surface area contributed by atoms with Gasteiger partial charge in [0, 0.05) is 18.3 Å². The second kappa shape index (κ2) is 6.83. The highest BCUT2D eigenvalue weighted by molar-refractivity contribution is 6.01. The molecule has 4 rings (SSSR count). The van der Waals surface area contributed by atoms with Gasteiger partial charge in [0.15, 0.2) is 5.96 Å². The molecule has 1 aliphatic carbocycles. The van der Waals surface area contributed by atoms with Crippen molar-refractivity contribution in [3.8, 4) is 0 Å². The summed E-state index contributed by atoms with van der Waals surface area (Å²) in [5, 5.41) is 3.58. The maximum Gasteiger partial charge on any atom is 0.237 e. The Labute approximate surface area is 177 Å². The van der Waals surface area contributed by atoms with Gasteiger partial charge in [-0.15, -0.1) is 0 Å². The van der Waals surface area contributed by atoms with Crippen molar-refractivity contribution in [1.29, 1.82) is 0 Å². The van der Waals surface area contributed by atoms with Crippen LogP contribution in [-0.4, -0.2) is 23.8 Å². The molecule has 0 saturated carbocycles. The summed E-state index contributed by atoms with van der Waals surface area (Å²) >= 11 is 0. The summed E-state index contributed by atoms with van der Waals surface area (Å²) in [5.74, 6) is -0.483. The number of halogens is 1. The highest BCUT2D eigenvalue weighted by Crippen LogP contribution is 2.48. The third kappa shape index (κ3) is 2.89. The first kappa shape index (κ1) is 20.4. The molecule has 0 spiro atoms. The number of carbonyl (C=O) groups is 1. The standard InChI is InChI=1S/C24H29FN4O/c1-14-7-6-8-15-9-12-19(20(14)15)27-16-10-11-18(25)17(13-16)24(4)23(2,3)21(30)29(5)22(26)28-24/h6-8,10-11,13,19,27H,9,12H2,1-5H3,(H2,26,28). The van der Waals surface area contributed by atoms with Crippen LogP contribution >= 0.6 is 0 Å². The fourth-order valence-corrected chi connectivity index (χ4v) is 4.81. The van der Waals surface area contributed by atoms with Crippen molar-refractivity contribution in [1.82, 2.24) is 4.90 Å². The van der Waals surface area contributed by atoms with Gasteiger partial charge in [0.1, 0.15) is 11.4 Å². The molecule has 2 atom stereocenters. The Bertz CT molecular complexity index is 1060. The van der Waals surface area contributed by atoms with Gasteiger partial charge in [0.2, 0.25) is 5.91 Å². The number of fused-ring (bicyclic) bond motifs is 1. The molecule has 1 heterocycles. The smallest absolute Gasteiger partial charge is 0.237 e. The molecule has 0 aromatic heterocycles. The van der Waals surface area contributed by atoms with Crippen molar-refractivity contribution in [3.63, 3.8) is 0 Å². The van der Waals surface area contributed by atoms with Crippen molar-refractivity contribution in [2.45, 2.75) is 52.1 Å². The lowest BCUT2D eigenvalue weighted by molar-refractivity contribution is -0.140. The molecule has 2 unspecified atom stereocenters. The lowest BCUT2D eigenvalue weighted by Gasteiger charge is -2.46. The van der Waals surface area contributed by atoms with E-state index in [-0.39, 0.29) is 17.9 Å². The molecule has 0 fully saturated rings. The predicted octanol–water partition coefficient (Wildman–Crippen LogP) is 4.26. The molecule has 0 bridgehead atoms. The lowest BCUT2D eigenvalue weighted by atomic mass is 9.67. The zero-order valence-corrected chi connectivity index (χ0v) is 18.2. The Balaban J connectivity index is 1.75. The highest BCUT2D eigenvalue weighted by atomic mass is 19.1. The highest BCUT2D eigenvalue weighted by Gasteiger charge is 2.53. The Morgan fingerprint density at radius 2 is 1.97 bits per heavy atom. The van der Waals surface area contributed by atoms with E-state index in [4.69, 9.17) is 5.73 Å². The SMILES string of the molecule is Cc1cccc2c1C(Nc1ccc(F)c(C3(C)N=C(N)N(C)C(=O)C3(C)C)c1)CC2. The van der Waals surface area contributed by atoms with Gasteiger partial charge in [-0.2, -0.15) is 0 Å². The Kier molecular flexibility index (Phi) is 4.64. The number of carbonyl (C=O) groups excluding carboxylic acids is 1. The minimum Gasteiger partial charge on any atom is -0.378 e. The van der Waals surface area contributed by atoms with Crippen LogP contribution in [-0.2, 0) is 16.8 Å². The molecule has 3 N–H and O–H groups in total. The van der Waals surface area contributed by atoms with Crippen LogP contribution in [0.4, 0.5) is 10.1 Å². The van der Waals surface area contributed by atoms with Crippen LogP contribution in [0.2, 0.25) is 0 Å². The maximum atomic E-state index is 15.0. The third-order valence-electron chi connectivity index (χ3n) is 7.04. The molecule has 6 heteroatoms. The minimum absolute atomic E-state index is 0.0972. The summed E-state index contributed by atoms with van der Waals surface area (Å²) in [5.41, 5.74) is 9.06. The van der Waals surface area contributed by atoms with E-state index in [1.54, 1.807) is 40.0 Å². The van der Waals surface area contributed by atoms with E-state index in [0.29, 0.717) is 5.56 Å². The topological polar surface area (TPSA) is 70.7 Å². The third-order valence-corrected chi connectivity index (χ3v) is 7.04. The van der Waals surface area contributed by atoms with Crippen molar-refractivity contribution < 1.29 is 9.18 Å². The van der Waals surface area contributed by atoms with Crippen molar-refractivity contribution in [2.75, 3.05) is 12.4 Å². The van der Waals surface area contributed by atoms with E-state index in [2.05, 4.69) is 35.4 Å². The van der Waals surface area contributed by atoms with Gasteiger partial charge in [-0.25, -0.2) is 9.38 Å². The normalized spacial score (nSPS) is 25.1. The van der Waals surface area contributed by atoms with Gasteiger partial charge in [0.25, 0.3) is 0 Å². The molecule has 2 aromatic rings. The number of nitrogens with two attached hydrogens (primary N) is 1. The van der Waals surface area contributed by atoms with Crippen LogP contribution in [0, 0.1) is 18.2 Å². The van der Waals surface area contributed by atoms with Gasteiger partial charge < -0.3 is 11.1 Å². The lowest BCUT2D eigenvalue weighted by Crippen LogP contribution is -2.58. The molecule has 1 aliphatic heterocycles. The molecule has 2 aliphatic rings. The molecule has 30 heavy (non-hydrogen) atoms. The summed E-state index contributed by atoms with van der Waals surface area (Å²) in [7, 11) is 1.59. The number of nitrogens with zero attached hydrogens (tertiary/aromatic N) is 2. The van der Waals surface area contributed by atoms with Crippen LogP contribution in [0.1, 0.15) is 55.5 Å². The van der Waals surface area contributed by atoms with Gasteiger partial charge in [-0.05, 0) is 75.4 Å². The van der Waals surface area contributed by atoms with Gasteiger partial charge >= 0.3 is 0 Å². The van der Waals surface area contributed by atoms with Gasteiger partial charge in [0.05, 0.1) is 11.5 Å². The summed E-state index contributed by atoms with van der Waals surface area (Å²) in [6.45, 7) is 7.48. The van der Waals surface area contributed by atoms with Crippen LogP contribution in [0.5, 0.6) is 0 Å². The number of guanidine groups is 1. The van der Waals surface area contributed by atoms with E-state index >= 15 is 4.39 Å². The minimum atomic E-state index is -1.12. The average Bonchev–Trinajstić information content (AvgIpc) is 3.11. The Hall–Kier alpha value is -2.89. The maximum absolute atomic E-state index is 15.0. The van der Waals surface area contributed by atoms with E-state index < -0.39 is 16.8 Å². The van der Waals surface area contributed by atoms with Crippen LogP contribution in [0.15, 0.2) is 41.4 Å².